The van der Waals surface area contributed by atoms with Crippen molar-refractivity contribution in [2.24, 2.45) is 0 Å². The first-order valence-electron chi connectivity index (χ1n) is 8.63. The first kappa shape index (κ1) is 18.3. The van der Waals surface area contributed by atoms with E-state index in [1.165, 1.54) is 11.6 Å². The van der Waals surface area contributed by atoms with E-state index in [1.807, 2.05) is 42.5 Å². The molecule has 0 spiro atoms. The molecule has 0 saturated carbocycles. The zero-order valence-electron chi connectivity index (χ0n) is 15.0. The van der Waals surface area contributed by atoms with Gasteiger partial charge >= 0.3 is 5.82 Å². The molecule has 3 rings (SSSR count). The number of benzene rings is 2. The molecule has 0 fully saturated rings. The highest BCUT2D eigenvalue weighted by Crippen LogP contribution is 2.13. The fraction of sp³-hybridized carbons (Fsp3) is 0.200. The van der Waals surface area contributed by atoms with Crippen molar-refractivity contribution in [1.29, 1.82) is 0 Å². The third-order valence-electron chi connectivity index (χ3n) is 4.25. The van der Waals surface area contributed by atoms with Crippen LogP contribution in [0, 0.1) is 17.0 Å². The number of aromatic nitrogens is 2. The molecule has 0 saturated heterocycles. The molecule has 7 heteroatoms. The lowest BCUT2D eigenvalue weighted by Gasteiger charge is -2.06. The lowest BCUT2D eigenvalue weighted by atomic mass is 10.1. The van der Waals surface area contributed by atoms with Crippen LogP contribution in [0.15, 0.2) is 60.7 Å². The molecule has 1 aromatic heterocycles. The predicted molar refractivity (Wildman–Crippen MR) is 102 cm³/mol. The van der Waals surface area contributed by atoms with Crippen LogP contribution in [0.4, 0.5) is 5.82 Å². The van der Waals surface area contributed by atoms with Gasteiger partial charge in [0.25, 0.3) is 5.91 Å². The Morgan fingerprint density at radius 2 is 1.81 bits per heavy atom. The summed E-state index contributed by atoms with van der Waals surface area (Å²) >= 11 is 0. The normalized spacial score (nSPS) is 10.6. The number of nitrogens with zero attached hydrogens (tertiary/aromatic N) is 3. The number of hydrogen-bond acceptors (Lipinski definition) is 4. The minimum atomic E-state index is -0.508. The van der Waals surface area contributed by atoms with Gasteiger partial charge in [-0.3, -0.25) is 4.79 Å². The molecular weight excluding hydrogens is 344 g/mol. The van der Waals surface area contributed by atoms with E-state index in [1.54, 1.807) is 23.7 Å². The van der Waals surface area contributed by atoms with Crippen molar-refractivity contribution in [3.8, 4) is 0 Å². The van der Waals surface area contributed by atoms with E-state index in [0.717, 1.165) is 12.0 Å². The van der Waals surface area contributed by atoms with Gasteiger partial charge < -0.3 is 15.4 Å². The number of carbonyl (C=O) groups is 1. The van der Waals surface area contributed by atoms with Crippen LogP contribution in [0.5, 0.6) is 0 Å². The Morgan fingerprint density at radius 1 is 1.11 bits per heavy atom. The van der Waals surface area contributed by atoms with E-state index < -0.39 is 4.92 Å². The van der Waals surface area contributed by atoms with E-state index in [9.17, 15) is 14.9 Å². The third-order valence-corrected chi connectivity index (χ3v) is 4.25. The van der Waals surface area contributed by atoms with Gasteiger partial charge in [-0.05, 0) is 41.5 Å². The second kappa shape index (κ2) is 8.27. The maximum Gasteiger partial charge on any atom is 0.390 e. The predicted octanol–water partition coefficient (Wildman–Crippen LogP) is 3.12. The third kappa shape index (κ3) is 4.78. The lowest BCUT2D eigenvalue weighted by Crippen LogP contribution is -2.25. The standard InChI is InChI=1S/C20H20N4O3/c1-15-13-19(24(26)27)22-23(15)14-17-7-9-18(10-8-17)20(25)21-12-11-16-5-3-2-4-6-16/h2-10,13H,11-12,14H2,1H3,(H,21,25). The molecule has 0 aliphatic heterocycles. The van der Waals surface area contributed by atoms with E-state index in [2.05, 4.69) is 10.4 Å². The summed E-state index contributed by atoms with van der Waals surface area (Å²) < 4.78 is 1.58. The van der Waals surface area contributed by atoms with E-state index in [-0.39, 0.29) is 11.7 Å². The molecule has 1 N–H and O–H groups in total. The van der Waals surface area contributed by atoms with Gasteiger partial charge in [0.05, 0.1) is 23.4 Å². The monoisotopic (exact) mass is 364 g/mol. The maximum absolute atomic E-state index is 12.2. The van der Waals surface area contributed by atoms with Crippen molar-refractivity contribution in [3.63, 3.8) is 0 Å². The van der Waals surface area contributed by atoms with Gasteiger partial charge in [0.15, 0.2) is 0 Å². The van der Waals surface area contributed by atoms with E-state index in [0.29, 0.717) is 24.3 Å². The van der Waals surface area contributed by atoms with Gasteiger partial charge in [-0.1, -0.05) is 42.5 Å². The number of rotatable bonds is 7. The average molecular weight is 364 g/mol. The minimum absolute atomic E-state index is 0.122. The number of nitrogens with one attached hydrogen (secondary N) is 1. The topological polar surface area (TPSA) is 90.1 Å². The van der Waals surface area contributed by atoms with Crippen LogP contribution >= 0.6 is 0 Å². The number of hydrogen-bond donors (Lipinski definition) is 1. The van der Waals surface area contributed by atoms with Crippen LogP contribution in [0.2, 0.25) is 0 Å². The smallest absolute Gasteiger partial charge is 0.358 e. The molecule has 0 radical (unpaired) electrons. The first-order chi connectivity index (χ1) is 13.0. The lowest BCUT2D eigenvalue weighted by molar-refractivity contribution is -0.389. The summed E-state index contributed by atoms with van der Waals surface area (Å²) in [6, 6.07) is 18.6. The van der Waals surface area contributed by atoms with Crippen LogP contribution in [-0.4, -0.2) is 27.2 Å². The van der Waals surface area contributed by atoms with Gasteiger partial charge in [0.2, 0.25) is 0 Å². The molecule has 0 bridgehead atoms. The van der Waals surface area contributed by atoms with Crippen LogP contribution in [-0.2, 0) is 13.0 Å². The van der Waals surface area contributed by atoms with Gasteiger partial charge in [0.1, 0.15) is 0 Å². The molecule has 2 aromatic carbocycles. The summed E-state index contributed by atoms with van der Waals surface area (Å²) in [4.78, 5) is 22.5. The molecule has 0 atom stereocenters. The molecule has 0 unspecified atom stereocenters. The Labute approximate surface area is 156 Å². The highest BCUT2D eigenvalue weighted by atomic mass is 16.6. The summed E-state index contributed by atoms with van der Waals surface area (Å²) in [5.41, 5.74) is 3.38. The van der Waals surface area contributed by atoms with E-state index in [4.69, 9.17) is 0 Å². The van der Waals surface area contributed by atoms with Gasteiger partial charge in [0, 0.05) is 12.1 Å². The molecule has 3 aromatic rings. The summed E-state index contributed by atoms with van der Waals surface area (Å²) in [5.74, 6) is -0.287. The average Bonchev–Trinajstić information content (AvgIpc) is 3.04. The van der Waals surface area contributed by atoms with Crippen LogP contribution in [0.1, 0.15) is 27.2 Å². The molecule has 7 nitrogen and oxygen atoms in total. The fourth-order valence-electron chi connectivity index (χ4n) is 2.74. The fourth-order valence-corrected chi connectivity index (χ4v) is 2.74. The Balaban J connectivity index is 1.56. The van der Waals surface area contributed by atoms with Crippen LogP contribution < -0.4 is 5.32 Å². The molecule has 138 valence electrons. The molecular formula is C20H20N4O3. The maximum atomic E-state index is 12.2. The zero-order chi connectivity index (χ0) is 19.2. The molecule has 0 aliphatic carbocycles. The number of aryl methyl sites for hydroxylation is 1. The second-order valence-electron chi connectivity index (χ2n) is 6.25. The van der Waals surface area contributed by atoms with Gasteiger partial charge in [-0.2, -0.15) is 4.68 Å². The van der Waals surface area contributed by atoms with Crippen molar-refractivity contribution in [1.82, 2.24) is 15.1 Å². The van der Waals surface area contributed by atoms with Crippen LogP contribution in [0.3, 0.4) is 0 Å². The second-order valence-corrected chi connectivity index (χ2v) is 6.25. The Hall–Kier alpha value is -3.48. The number of amides is 1. The number of nitro groups is 1. The highest BCUT2D eigenvalue weighted by molar-refractivity contribution is 5.94. The highest BCUT2D eigenvalue weighted by Gasteiger charge is 2.15. The van der Waals surface area contributed by atoms with Crippen molar-refractivity contribution < 1.29 is 9.72 Å². The molecule has 1 heterocycles. The van der Waals surface area contributed by atoms with Crippen molar-refractivity contribution in [3.05, 3.63) is 93.2 Å². The molecule has 0 aliphatic rings. The number of carbonyl (C=O) groups excluding carboxylic acids is 1. The van der Waals surface area contributed by atoms with Gasteiger partial charge in [-0.15, -0.1) is 0 Å². The SMILES string of the molecule is Cc1cc([N+](=O)[O-])nn1Cc1ccc(C(=O)NCCc2ccccc2)cc1. The van der Waals surface area contributed by atoms with Crippen molar-refractivity contribution in [2.45, 2.75) is 19.9 Å². The first-order valence-corrected chi connectivity index (χ1v) is 8.63. The molecule has 1 amide bonds. The largest absolute Gasteiger partial charge is 0.390 e. The van der Waals surface area contributed by atoms with Crippen molar-refractivity contribution in [2.75, 3.05) is 6.54 Å². The molecule has 27 heavy (non-hydrogen) atoms. The zero-order valence-corrected chi connectivity index (χ0v) is 15.0. The summed E-state index contributed by atoms with van der Waals surface area (Å²) in [5, 5.41) is 17.7. The minimum Gasteiger partial charge on any atom is -0.358 e. The van der Waals surface area contributed by atoms with Crippen LogP contribution in [0.25, 0.3) is 0 Å². The Kier molecular flexibility index (Phi) is 5.61. The van der Waals surface area contributed by atoms with Crippen molar-refractivity contribution >= 4 is 11.7 Å². The summed E-state index contributed by atoms with van der Waals surface area (Å²) in [7, 11) is 0. The quantitative estimate of drug-likeness (QED) is 0.515. The Morgan fingerprint density at radius 3 is 2.44 bits per heavy atom. The summed E-state index contributed by atoms with van der Waals surface area (Å²) in [6.45, 7) is 2.75. The van der Waals surface area contributed by atoms with Gasteiger partial charge in [-0.25, -0.2) is 0 Å². The summed E-state index contributed by atoms with van der Waals surface area (Å²) in [6.07, 6.45) is 0.780. The van der Waals surface area contributed by atoms with E-state index >= 15 is 0 Å². The Bertz CT molecular complexity index is 934.